The van der Waals surface area contributed by atoms with Crippen molar-refractivity contribution in [3.63, 3.8) is 0 Å². The Labute approximate surface area is 112 Å². The minimum atomic E-state index is 0.0208. The summed E-state index contributed by atoms with van der Waals surface area (Å²) >= 11 is 0. The van der Waals surface area contributed by atoms with Crippen molar-refractivity contribution in [2.75, 3.05) is 5.32 Å². The predicted molar refractivity (Wildman–Crippen MR) is 76.7 cm³/mol. The van der Waals surface area contributed by atoms with E-state index in [1.54, 1.807) is 6.07 Å². The van der Waals surface area contributed by atoms with Gasteiger partial charge >= 0.3 is 5.69 Å². The molecule has 2 aromatic rings. The van der Waals surface area contributed by atoms with Gasteiger partial charge < -0.3 is 10.1 Å². The Morgan fingerprint density at radius 2 is 1.79 bits per heavy atom. The van der Waals surface area contributed by atoms with E-state index in [9.17, 15) is 0 Å². The van der Waals surface area contributed by atoms with E-state index in [0.29, 0.717) is 11.4 Å². The summed E-state index contributed by atoms with van der Waals surface area (Å²) in [7, 11) is 0. The quantitative estimate of drug-likeness (QED) is 0.804. The Balaban J connectivity index is 2.25. The van der Waals surface area contributed by atoms with Crippen molar-refractivity contribution >= 4 is 17.1 Å². The van der Waals surface area contributed by atoms with Gasteiger partial charge in [-0.2, -0.15) is 0 Å². The lowest BCUT2D eigenvalue weighted by atomic mass is 10.2. The third-order valence-corrected chi connectivity index (χ3v) is 2.49. The fraction of sp³-hybridized carbons (Fsp3) is 0.200. The van der Waals surface area contributed by atoms with Crippen LogP contribution < -0.4 is 10.1 Å². The summed E-state index contributed by atoms with van der Waals surface area (Å²) in [5.41, 5.74) is 2.30. The van der Waals surface area contributed by atoms with E-state index in [2.05, 4.69) is 10.3 Å². The second kappa shape index (κ2) is 5.87. The lowest BCUT2D eigenvalue weighted by Gasteiger charge is -2.10. The van der Waals surface area contributed by atoms with Crippen LogP contribution in [0.1, 0.15) is 13.8 Å². The van der Waals surface area contributed by atoms with Crippen molar-refractivity contribution in [1.82, 2.24) is 0 Å². The summed E-state index contributed by atoms with van der Waals surface area (Å²) in [6.45, 7) is 3.86. The zero-order chi connectivity index (χ0) is 13.7. The molecular formula is C15H16N3O+. The normalized spacial score (nSPS) is 10.0. The number of rotatable bonds is 4. The van der Waals surface area contributed by atoms with Gasteiger partial charge in [-0.25, -0.2) is 0 Å². The fourth-order valence-electron chi connectivity index (χ4n) is 1.71. The van der Waals surface area contributed by atoms with Crippen LogP contribution in [0.3, 0.4) is 0 Å². The van der Waals surface area contributed by atoms with Gasteiger partial charge in [0, 0.05) is 23.5 Å². The highest BCUT2D eigenvalue weighted by Crippen LogP contribution is 2.32. The van der Waals surface area contributed by atoms with Crippen molar-refractivity contribution < 1.29 is 4.74 Å². The second-order valence-electron chi connectivity index (χ2n) is 4.44. The van der Waals surface area contributed by atoms with E-state index in [4.69, 9.17) is 10.1 Å². The van der Waals surface area contributed by atoms with Crippen LogP contribution in [0.25, 0.3) is 4.98 Å². The Kier molecular flexibility index (Phi) is 3.99. The number of nitrogens with one attached hydrogen (secondary N) is 1. The summed E-state index contributed by atoms with van der Waals surface area (Å²) in [5.74, 6) is 0.554. The van der Waals surface area contributed by atoms with Crippen LogP contribution in [0.4, 0.5) is 17.1 Å². The average Bonchev–Trinajstić information content (AvgIpc) is 2.39. The number of anilines is 2. The maximum absolute atomic E-state index is 8.94. The second-order valence-corrected chi connectivity index (χ2v) is 4.44. The van der Waals surface area contributed by atoms with Crippen LogP contribution in [-0.4, -0.2) is 6.10 Å². The molecule has 0 amide bonds. The van der Waals surface area contributed by atoms with E-state index in [1.165, 1.54) is 0 Å². The molecule has 0 aromatic heterocycles. The zero-order valence-corrected chi connectivity index (χ0v) is 11.0. The number of hydrogen-bond donors (Lipinski definition) is 1. The first-order chi connectivity index (χ1) is 9.19. The summed E-state index contributed by atoms with van der Waals surface area (Å²) in [6, 6.07) is 15.2. The molecule has 96 valence electrons. The lowest BCUT2D eigenvalue weighted by molar-refractivity contribution is 0.244. The van der Waals surface area contributed by atoms with Gasteiger partial charge in [-0.3, -0.25) is 0 Å². The van der Waals surface area contributed by atoms with E-state index in [-0.39, 0.29) is 6.10 Å². The highest BCUT2D eigenvalue weighted by molar-refractivity contribution is 5.68. The molecule has 0 radical (unpaired) electrons. The molecule has 0 aliphatic carbocycles. The first-order valence-electron chi connectivity index (χ1n) is 6.17. The van der Waals surface area contributed by atoms with Gasteiger partial charge in [0.15, 0.2) is 4.98 Å². The van der Waals surface area contributed by atoms with Crippen LogP contribution in [0.2, 0.25) is 0 Å². The Bertz CT molecular complexity index is 588. The highest BCUT2D eigenvalue weighted by atomic mass is 16.5. The van der Waals surface area contributed by atoms with Gasteiger partial charge in [0.2, 0.25) is 11.1 Å². The molecular weight excluding hydrogens is 238 g/mol. The molecule has 2 rings (SSSR count). The van der Waals surface area contributed by atoms with Crippen LogP contribution in [-0.2, 0) is 0 Å². The molecule has 0 saturated heterocycles. The molecule has 0 unspecified atom stereocenters. The van der Waals surface area contributed by atoms with E-state index >= 15 is 0 Å². The lowest BCUT2D eigenvalue weighted by Crippen LogP contribution is -2.05. The number of nitrogens with zero attached hydrogens (tertiary/aromatic N) is 2. The topological polar surface area (TPSA) is 49.4 Å². The number of ether oxygens (including phenoxy) is 1. The van der Waals surface area contributed by atoms with Crippen molar-refractivity contribution in [1.29, 1.82) is 5.39 Å². The van der Waals surface area contributed by atoms with Crippen molar-refractivity contribution in [3.05, 3.63) is 53.5 Å². The zero-order valence-electron chi connectivity index (χ0n) is 11.0. The summed E-state index contributed by atoms with van der Waals surface area (Å²) in [5, 5.41) is 12.2. The predicted octanol–water partition coefficient (Wildman–Crippen LogP) is 4.70. The molecule has 19 heavy (non-hydrogen) atoms. The minimum Gasteiger partial charge on any atom is -0.483 e. The van der Waals surface area contributed by atoms with Gasteiger partial charge in [0.05, 0.1) is 6.10 Å². The highest BCUT2D eigenvalue weighted by Gasteiger charge is 2.16. The van der Waals surface area contributed by atoms with Crippen molar-refractivity contribution in [2.24, 2.45) is 0 Å². The maximum Gasteiger partial charge on any atom is 0.426 e. The fourth-order valence-corrected chi connectivity index (χ4v) is 1.71. The number of diazo groups is 1. The monoisotopic (exact) mass is 254 g/mol. The van der Waals surface area contributed by atoms with E-state index in [0.717, 1.165) is 11.4 Å². The Hall–Kier alpha value is -2.54. The van der Waals surface area contributed by atoms with Gasteiger partial charge in [-0.1, -0.05) is 18.2 Å². The van der Waals surface area contributed by atoms with Crippen LogP contribution in [0, 0.1) is 5.39 Å². The van der Waals surface area contributed by atoms with Gasteiger partial charge in [-0.15, -0.1) is 0 Å². The van der Waals surface area contributed by atoms with E-state index in [1.807, 2.05) is 56.3 Å². The SMILES string of the molecule is CC(C)Oc1cc(Nc2ccccc2)ccc1[N+]#N. The molecule has 0 atom stereocenters. The maximum atomic E-state index is 8.94. The smallest absolute Gasteiger partial charge is 0.426 e. The molecule has 2 aromatic carbocycles. The molecule has 0 aliphatic heterocycles. The average molecular weight is 254 g/mol. The molecule has 0 aliphatic rings. The molecule has 0 heterocycles. The number of benzene rings is 2. The van der Waals surface area contributed by atoms with E-state index < -0.39 is 0 Å². The molecule has 0 bridgehead atoms. The van der Waals surface area contributed by atoms with Crippen LogP contribution in [0.5, 0.6) is 5.75 Å². The summed E-state index contributed by atoms with van der Waals surface area (Å²) < 4.78 is 5.62. The van der Waals surface area contributed by atoms with Crippen molar-refractivity contribution in [3.8, 4) is 5.75 Å². The standard InChI is InChI=1S/C15H16N3O/c1-11(2)19-15-10-13(8-9-14(15)18-16)17-12-6-4-3-5-7-12/h3-11,17H,1-2H3/q+1. The molecule has 0 fully saturated rings. The molecule has 1 N–H and O–H groups in total. The first-order valence-corrected chi connectivity index (χ1v) is 6.17. The largest absolute Gasteiger partial charge is 0.483 e. The third kappa shape index (κ3) is 3.46. The number of para-hydroxylation sites is 1. The third-order valence-electron chi connectivity index (χ3n) is 2.49. The minimum absolute atomic E-state index is 0.0208. The first kappa shape index (κ1) is 12.9. The molecule has 0 saturated carbocycles. The van der Waals surface area contributed by atoms with Gasteiger partial charge in [-0.05, 0) is 32.0 Å². The molecule has 0 spiro atoms. The van der Waals surface area contributed by atoms with Crippen LogP contribution >= 0.6 is 0 Å². The molecule has 4 nitrogen and oxygen atoms in total. The van der Waals surface area contributed by atoms with Gasteiger partial charge in [0.1, 0.15) is 0 Å². The summed E-state index contributed by atoms with van der Waals surface area (Å²) in [4.78, 5) is 3.22. The van der Waals surface area contributed by atoms with Crippen molar-refractivity contribution in [2.45, 2.75) is 20.0 Å². The van der Waals surface area contributed by atoms with Crippen LogP contribution in [0.15, 0.2) is 48.5 Å². The summed E-state index contributed by atoms with van der Waals surface area (Å²) in [6.07, 6.45) is 0.0208. The Morgan fingerprint density at radius 3 is 2.42 bits per heavy atom. The molecule has 4 heteroatoms. The number of hydrogen-bond acceptors (Lipinski definition) is 3. The van der Waals surface area contributed by atoms with Gasteiger partial charge in [0.25, 0.3) is 0 Å². The Morgan fingerprint density at radius 1 is 1.05 bits per heavy atom.